The van der Waals surface area contributed by atoms with Gasteiger partial charge >= 0.3 is 0 Å². The van der Waals surface area contributed by atoms with Crippen LogP contribution in [-0.4, -0.2) is 12.3 Å². The average Bonchev–Trinajstić information content (AvgIpc) is 1.63. The number of hydrogen-bond donors (Lipinski definition) is 0. The van der Waals surface area contributed by atoms with Crippen molar-refractivity contribution in [1.82, 2.24) is 0 Å². The van der Waals surface area contributed by atoms with E-state index in [-0.39, 0.29) is 17.0 Å². The zero-order valence-electron chi connectivity index (χ0n) is 7.52. The third-order valence-corrected chi connectivity index (χ3v) is 3.83. The highest BCUT2D eigenvalue weighted by molar-refractivity contribution is 7.37. The van der Waals surface area contributed by atoms with E-state index in [0.717, 1.165) is 20.4 Å². The zero-order chi connectivity index (χ0) is 7.28. The van der Waals surface area contributed by atoms with Gasteiger partial charge in [0.05, 0.1) is 12.3 Å². The van der Waals surface area contributed by atoms with E-state index >= 15 is 0 Å². The summed E-state index contributed by atoms with van der Waals surface area (Å²) in [6, 6.07) is 0. The molecule has 0 aliphatic rings. The van der Waals surface area contributed by atoms with E-state index in [1.165, 1.54) is 12.3 Å². The van der Waals surface area contributed by atoms with Crippen LogP contribution < -0.4 is 17.0 Å². The van der Waals surface area contributed by atoms with Gasteiger partial charge in [0.2, 0.25) is 0 Å². The van der Waals surface area contributed by atoms with E-state index in [1.807, 2.05) is 0 Å². The molecule has 0 atom stereocenters. The average molecular weight is 227 g/mol. The van der Waals surface area contributed by atoms with Crippen LogP contribution in [0.3, 0.4) is 0 Å². The predicted octanol–water partition coefficient (Wildman–Crippen LogP) is -0.287. The van der Waals surface area contributed by atoms with Gasteiger partial charge in [0.25, 0.3) is 0 Å². The summed E-state index contributed by atoms with van der Waals surface area (Å²) in [5.74, 6) is 1.86. The Balaban J connectivity index is 0. The van der Waals surface area contributed by atoms with Gasteiger partial charge < -0.3 is 17.0 Å². The Morgan fingerprint density at radius 3 is 1.40 bits per heavy atom. The Labute approximate surface area is 77.7 Å². The summed E-state index contributed by atoms with van der Waals surface area (Å²) in [6.45, 7) is 9.25. The van der Waals surface area contributed by atoms with Gasteiger partial charge in [-0.1, -0.05) is 27.7 Å². The molecule has 0 spiro atoms. The van der Waals surface area contributed by atoms with Crippen LogP contribution in [0, 0.1) is 11.8 Å². The van der Waals surface area contributed by atoms with Crippen LogP contribution in [0.15, 0.2) is 0 Å². The molecule has 0 aromatic carbocycles. The van der Waals surface area contributed by atoms with Crippen molar-refractivity contribution in [3.8, 4) is 0 Å². The molecule has 0 radical (unpaired) electrons. The lowest BCUT2D eigenvalue weighted by Crippen LogP contribution is -3.00. The van der Waals surface area contributed by atoms with Crippen molar-refractivity contribution in [3.63, 3.8) is 0 Å². The van der Waals surface area contributed by atoms with E-state index in [0.29, 0.717) is 0 Å². The minimum atomic E-state index is 0. The molecule has 0 rings (SSSR count). The van der Waals surface area contributed by atoms with E-state index in [2.05, 4.69) is 27.7 Å². The molecule has 0 heterocycles. The van der Waals surface area contributed by atoms with Gasteiger partial charge in [-0.2, -0.15) is 0 Å². The summed E-state index contributed by atoms with van der Waals surface area (Å²) >= 11 is 0. The normalized spacial score (nSPS) is 10.2. The van der Waals surface area contributed by atoms with Gasteiger partial charge in [0.15, 0.2) is 0 Å². The molecule has 64 valence electrons. The summed E-state index contributed by atoms with van der Waals surface area (Å²) in [5.41, 5.74) is 0. The Bertz CT molecular complexity index is 54.3. The largest absolute Gasteiger partial charge is 1.00 e. The lowest BCUT2D eigenvalue weighted by molar-refractivity contribution is -0.00000237. The van der Waals surface area contributed by atoms with Gasteiger partial charge in [0, 0.05) is 0 Å². The predicted molar refractivity (Wildman–Crippen MR) is 49.1 cm³/mol. The second-order valence-electron chi connectivity index (χ2n) is 3.55. The molecule has 0 fully saturated rings. The highest BCUT2D eigenvalue weighted by Gasteiger charge is 2.01. The summed E-state index contributed by atoms with van der Waals surface area (Å²) in [6.07, 6.45) is 2.97. The first kappa shape index (κ1) is 13.5. The molecule has 0 saturated carbocycles. The number of halogens is 1. The van der Waals surface area contributed by atoms with Crippen LogP contribution in [-0.2, 0) is 0 Å². The maximum absolute atomic E-state index is 2.31. The molecular weight excluding hydrogens is 207 g/mol. The molecular formula is C8H20BrP. The lowest BCUT2D eigenvalue weighted by atomic mass is 10.3. The highest BCUT2D eigenvalue weighted by atomic mass is 79.9. The zero-order valence-corrected chi connectivity index (χ0v) is 10.3. The van der Waals surface area contributed by atoms with Crippen molar-refractivity contribution >= 4 is 8.58 Å². The van der Waals surface area contributed by atoms with Crippen LogP contribution in [0.25, 0.3) is 0 Å². The standard InChI is InChI=1S/C8H19P.BrH/c1-7(2)5-9-6-8(3)4;/h7-9H,5-6H2,1-4H3;1H. The van der Waals surface area contributed by atoms with Gasteiger partial charge in [-0.3, -0.25) is 0 Å². The fraction of sp³-hybridized carbons (Fsp3) is 1.00. The SMILES string of the molecule is CC(C)C[PH2+]CC(C)C.[Br-]. The first-order chi connectivity index (χ1) is 4.13. The fourth-order valence-electron chi connectivity index (χ4n) is 0.763. The molecule has 10 heavy (non-hydrogen) atoms. The maximum atomic E-state index is 2.31. The molecule has 0 bridgehead atoms. The van der Waals surface area contributed by atoms with E-state index in [1.54, 1.807) is 0 Å². The van der Waals surface area contributed by atoms with Crippen molar-refractivity contribution in [1.29, 1.82) is 0 Å². The van der Waals surface area contributed by atoms with Crippen molar-refractivity contribution in [2.75, 3.05) is 12.3 Å². The smallest absolute Gasteiger partial charge is 0.0572 e. The molecule has 0 aliphatic heterocycles. The first-order valence-corrected chi connectivity index (χ1v) is 5.58. The molecule has 0 saturated heterocycles. The summed E-state index contributed by atoms with van der Waals surface area (Å²) in [5, 5.41) is 0. The van der Waals surface area contributed by atoms with Crippen LogP contribution in [0.5, 0.6) is 0 Å². The van der Waals surface area contributed by atoms with Gasteiger partial charge in [-0.15, -0.1) is 0 Å². The van der Waals surface area contributed by atoms with E-state index in [9.17, 15) is 0 Å². The van der Waals surface area contributed by atoms with Gasteiger partial charge in [-0.25, -0.2) is 0 Å². The summed E-state index contributed by atoms with van der Waals surface area (Å²) < 4.78 is 0. The van der Waals surface area contributed by atoms with E-state index < -0.39 is 0 Å². The second-order valence-corrected chi connectivity index (χ2v) is 5.07. The highest BCUT2D eigenvalue weighted by Crippen LogP contribution is 2.17. The Morgan fingerprint density at radius 1 is 0.900 bits per heavy atom. The van der Waals surface area contributed by atoms with Gasteiger partial charge in [-0.05, 0) is 20.4 Å². The molecule has 0 amide bonds. The number of hydrogen-bond acceptors (Lipinski definition) is 0. The summed E-state index contributed by atoms with van der Waals surface area (Å²) in [4.78, 5) is 0. The minimum Gasteiger partial charge on any atom is -1.00 e. The topological polar surface area (TPSA) is 0 Å². The Kier molecular flexibility index (Phi) is 10.8. The Morgan fingerprint density at radius 2 is 1.20 bits per heavy atom. The van der Waals surface area contributed by atoms with Crippen LogP contribution in [0.1, 0.15) is 27.7 Å². The molecule has 0 aliphatic carbocycles. The third kappa shape index (κ3) is 11.7. The maximum Gasteiger partial charge on any atom is 0.0572 e. The molecule has 0 aromatic heterocycles. The van der Waals surface area contributed by atoms with Crippen molar-refractivity contribution in [3.05, 3.63) is 0 Å². The van der Waals surface area contributed by atoms with Crippen molar-refractivity contribution < 1.29 is 17.0 Å². The van der Waals surface area contributed by atoms with Gasteiger partial charge in [0.1, 0.15) is 0 Å². The fourth-order valence-corrected chi connectivity index (χ4v) is 2.29. The quantitative estimate of drug-likeness (QED) is 0.579. The molecule has 0 aromatic rings. The molecule has 2 heteroatoms. The van der Waals surface area contributed by atoms with Crippen molar-refractivity contribution in [2.24, 2.45) is 11.8 Å². The van der Waals surface area contributed by atoms with Crippen molar-refractivity contribution in [2.45, 2.75) is 27.7 Å². The third-order valence-electron chi connectivity index (χ3n) is 1.28. The number of rotatable bonds is 4. The second kappa shape index (κ2) is 8.01. The first-order valence-electron chi connectivity index (χ1n) is 3.94. The van der Waals surface area contributed by atoms with Crippen LogP contribution in [0.2, 0.25) is 0 Å². The molecule has 0 unspecified atom stereocenters. The Hall–Kier alpha value is 0.910. The monoisotopic (exact) mass is 226 g/mol. The van der Waals surface area contributed by atoms with E-state index in [4.69, 9.17) is 0 Å². The summed E-state index contributed by atoms with van der Waals surface area (Å²) in [7, 11) is 0.755. The molecule has 0 nitrogen and oxygen atoms in total. The lowest BCUT2D eigenvalue weighted by Gasteiger charge is -2.00. The minimum absolute atomic E-state index is 0. The molecule has 0 N–H and O–H groups in total. The van der Waals surface area contributed by atoms with Crippen LogP contribution >= 0.6 is 8.58 Å². The van der Waals surface area contributed by atoms with Crippen LogP contribution in [0.4, 0.5) is 0 Å².